The van der Waals surface area contributed by atoms with Gasteiger partial charge in [-0.1, -0.05) is 23.7 Å². The molecule has 0 spiro atoms. The average Bonchev–Trinajstić information content (AvgIpc) is 2.46. The summed E-state index contributed by atoms with van der Waals surface area (Å²) in [6.07, 6.45) is 1.37. The number of amides is 1. The summed E-state index contributed by atoms with van der Waals surface area (Å²) in [5.41, 5.74) is 0.128. The number of piperidine rings is 1. The monoisotopic (exact) mass is 309 g/mol. The molecule has 1 aromatic carbocycles. The van der Waals surface area contributed by atoms with Gasteiger partial charge in [-0.3, -0.25) is 9.59 Å². The molecule has 1 fully saturated rings. The summed E-state index contributed by atoms with van der Waals surface area (Å²) in [5, 5.41) is 9.73. The summed E-state index contributed by atoms with van der Waals surface area (Å²) in [7, 11) is 0. The summed E-state index contributed by atoms with van der Waals surface area (Å²) in [4.78, 5) is 25.6. The summed E-state index contributed by atoms with van der Waals surface area (Å²) >= 11 is 6.00. The Balaban J connectivity index is 2.19. The van der Waals surface area contributed by atoms with Crippen LogP contribution < -0.4 is 0 Å². The van der Waals surface area contributed by atoms with Crippen LogP contribution in [0, 0.1) is 5.92 Å². The standard InChI is InChI=1S/C16H20ClNO3/c1-16(2,12-6-3-7-13(17)9-12)15(21)18-8-4-5-11(10-18)14(19)20/h3,6-7,9,11H,4-5,8,10H2,1-2H3,(H,19,20)/t11-/m0/s1. The van der Waals surface area contributed by atoms with E-state index in [0.29, 0.717) is 18.0 Å². The van der Waals surface area contributed by atoms with Gasteiger partial charge in [0.2, 0.25) is 5.91 Å². The van der Waals surface area contributed by atoms with Crippen LogP contribution in [0.4, 0.5) is 0 Å². The highest BCUT2D eigenvalue weighted by molar-refractivity contribution is 6.30. The van der Waals surface area contributed by atoms with Gasteiger partial charge in [-0.2, -0.15) is 0 Å². The zero-order valence-electron chi connectivity index (χ0n) is 12.3. The summed E-state index contributed by atoms with van der Waals surface area (Å²) in [6.45, 7) is 4.61. The number of hydrogen-bond acceptors (Lipinski definition) is 2. The number of carboxylic acid groups (broad SMARTS) is 1. The van der Waals surface area contributed by atoms with Gasteiger partial charge in [0.1, 0.15) is 0 Å². The van der Waals surface area contributed by atoms with Crippen molar-refractivity contribution >= 4 is 23.5 Å². The number of aliphatic carboxylic acids is 1. The molecule has 0 aliphatic carbocycles. The lowest BCUT2D eigenvalue weighted by Gasteiger charge is -2.36. The number of carbonyl (C=O) groups excluding carboxylic acids is 1. The molecule has 2 rings (SSSR count). The first-order valence-electron chi connectivity index (χ1n) is 7.10. The molecular weight excluding hydrogens is 290 g/mol. The molecule has 1 saturated heterocycles. The molecule has 21 heavy (non-hydrogen) atoms. The van der Waals surface area contributed by atoms with E-state index in [1.807, 2.05) is 26.0 Å². The van der Waals surface area contributed by atoms with Crippen LogP contribution in [0.15, 0.2) is 24.3 Å². The predicted octanol–water partition coefficient (Wildman–Crippen LogP) is 2.94. The van der Waals surface area contributed by atoms with Crippen molar-refractivity contribution in [1.29, 1.82) is 0 Å². The predicted molar refractivity (Wildman–Crippen MR) is 81.4 cm³/mol. The minimum Gasteiger partial charge on any atom is -0.481 e. The lowest BCUT2D eigenvalue weighted by molar-refractivity contribution is -0.147. The Bertz CT molecular complexity index is 556. The molecule has 5 heteroatoms. The Hall–Kier alpha value is -1.55. The lowest BCUT2D eigenvalue weighted by atomic mass is 9.82. The van der Waals surface area contributed by atoms with Crippen molar-refractivity contribution in [3.05, 3.63) is 34.9 Å². The molecule has 0 aromatic heterocycles. The Morgan fingerprint density at radius 1 is 1.38 bits per heavy atom. The second kappa shape index (κ2) is 6.06. The first-order valence-corrected chi connectivity index (χ1v) is 7.48. The molecule has 4 nitrogen and oxygen atoms in total. The maximum atomic E-state index is 12.8. The van der Waals surface area contributed by atoms with Crippen molar-refractivity contribution in [2.75, 3.05) is 13.1 Å². The van der Waals surface area contributed by atoms with Gasteiger partial charge in [-0.15, -0.1) is 0 Å². The van der Waals surface area contributed by atoms with E-state index < -0.39 is 17.3 Å². The van der Waals surface area contributed by atoms with Gasteiger partial charge in [0.05, 0.1) is 11.3 Å². The Kier molecular flexibility index (Phi) is 4.57. The Labute approximate surface area is 129 Å². The van der Waals surface area contributed by atoms with E-state index in [0.717, 1.165) is 12.0 Å². The molecule has 0 radical (unpaired) electrons. The van der Waals surface area contributed by atoms with Gasteiger partial charge >= 0.3 is 5.97 Å². The highest BCUT2D eigenvalue weighted by Gasteiger charge is 2.37. The molecular formula is C16H20ClNO3. The third kappa shape index (κ3) is 3.38. The average molecular weight is 310 g/mol. The van der Waals surface area contributed by atoms with Gasteiger partial charge in [0.15, 0.2) is 0 Å². The summed E-state index contributed by atoms with van der Waals surface area (Å²) in [6, 6.07) is 7.26. The largest absolute Gasteiger partial charge is 0.481 e. The van der Waals surface area contributed by atoms with Crippen LogP contribution in [0.3, 0.4) is 0 Å². The number of likely N-dealkylation sites (tertiary alicyclic amines) is 1. The number of rotatable bonds is 3. The maximum Gasteiger partial charge on any atom is 0.308 e. The Morgan fingerprint density at radius 2 is 2.10 bits per heavy atom. The summed E-state index contributed by atoms with van der Waals surface area (Å²) < 4.78 is 0. The van der Waals surface area contributed by atoms with Crippen LogP contribution >= 0.6 is 11.6 Å². The fourth-order valence-corrected chi connectivity index (χ4v) is 2.95. The highest BCUT2D eigenvalue weighted by atomic mass is 35.5. The van der Waals surface area contributed by atoms with Crippen LogP contribution in [0.25, 0.3) is 0 Å². The second-order valence-corrected chi connectivity index (χ2v) is 6.50. The van der Waals surface area contributed by atoms with Gasteiger partial charge in [0, 0.05) is 18.1 Å². The van der Waals surface area contributed by atoms with E-state index in [-0.39, 0.29) is 12.5 Å². The second-order valence-electron chi connectivity index (χ2n) is 6.06. The molecule has 1 atom stereocenters. The fraction of sp³-hybridized carbons (Fsp3) is 0.500. The first-order chi connectivity index (χ1) is 9.82. The third-order valence-electron chi connectivity index (χ3n) is 4.14. The highest BCUT2D eigenvalue weighted by Crippen LogP contribution is 2.29. The maximum absolute atomic E-state index is 12.8. The van der Waals surface area contributed by atoms with Crippen LogP contribution in [-0.2, 0) is 15.0 Å². The van der Waals surface area contributed by atoms with E-state index >= 15 is 0 Å². The number of benzene rings is 1. The molecule has 1 aromatic rings. The SMILES string of the molecule is CC(C)(C(=O)N1CCC[C@H](C(=O)O)C1)c1cccc(Cl)c1. The number of halogens is 1. The quantitative estimate of drug-likeness (QED) is 0.934. The van der Waals surface area contributed by atoms with Gasteiger partial charge < -0.3 is 10.0 Å². The lowest BCUT2D eigenvalue weighted by Crippen LogP contribution is -2.49. The topological polar surface area (TPSA) is 57.6 Å². The zero-order chi connectivity index (χ0) is 15.6. The smallest absolute Gasteiger partial charge is 0.308 e. The molecule has 1 amide bonds. The molecule has 1 heterocycles. The van der Waals surface area contributed by atoms with Crippen LogP contribution in [-0.4, -0.2) is 35.0 Å². The van der Waals surface area contributed by atoms with Crippen LogP contribution in [0.2, 0.25) is 5.02 Å². The molecule has 0 saturated carbocycles. The summed E-state index contributed by atoms with van der Waals surface area (Å²) in [5.74, 6) is -1.33. The number of nitrogens with zero attached hydrogens (tertiary/aromatic N) is 1. The van der Waals surface area contributed by atoms with Gasteiger partial charge in [0.25, 0.3) is 0 Å². The minimum atomic E-state index is -0.826. The van der Waals surface area contributed by atoms with Crippen molar-refractivity contribution in [1.82, 2.24) is 4.90 Å². The normalized spacial score (nSPS) is 19.4. The van der Waals surface area contributed by atoms with E-state index in [1.54, 1.807) is 17.0 Å². The van der Waals surface area contributed by atoms with Crippen LogP contribution in [0.1, 0.15) is 32.3 Å². The number of carboxylic acids is 1. The molecule has 1 N–H and O–H groups in total. The van der Waals surface area contributed by atoms with Crippen molar-refractivity contribution in [3.63, 3.8) is 0 Å². The van der Waals surface area contributed by atoms with Crippen molar-refractivity contribution in [3.8, 4) is 0 Å². The molecule has 114 valence electrons. The number of carbonyl (C=O) groups is 2. The first kappa shape index (κ1) is 15.8. The van der Waals surface area contributed by atoms with Gasteiger partial charge in [-0.05, 0) is 44.4 Å². The zero-order valence-corrected chi connectivity index (χ0v) is 13.1. The van der Waals surface area contributed by atoms with E-state index in [4.69, 9.17) is 16.7 Å². The molecule has 0 unspecified atom stereocenters. The van der Waals surface area contributed by atoms with Crippen LogP contribution in [0.5, 0.6) is 0 Å². The molecule has 0 bridgehead atoms. The van der Waals surface area contributed by atoms with E-state index in [1.165, 1.54) is 0 Å². The van der Waals surface area contributed by atoms with E-state index in [2.05, 4.69) is 0 Å². The number of hydrogen-bond donors (Lipinski definition) is 1. The molecule has 1 aliphatic rings. The van der Waals surface area contributed by atoms with Gasteiger partial charge in [-0.25, -0.2) is 0 Å². The van der Waals surface area contributed by atoms with E-state index in [9.17, 15) is 9.59 Å². The van der Waals surface area contributed by atoms with Crippen molar-refractivity contribution < 1.29 is 14.7 Å². The Morgan fingerprint density at radius 3 is 2.71 bits per heavy atom. The fourth-order valence-electron chi connectivity index (χ4n) is 2.76. The minimum absolute atomic E-state index is 0.0456. The van der Waals surface area contributed by atoms with Crippen molar-refractivity contribution in [2.45, 2.75) is 32.1 Å². The molecule has 1 aliphatic heterocycles. The third-order valence-corrected chi connectivity index (χ3v) is 4.37. The van der Waals surface area contributed by atoms with Crippen molar-refractivity contribution in [2.24, 2.45) is 5.92 Å².